The predicted molar refractivity (Wildman–Crippen MR) is 73.5 cm³/mol. The third-order valence-electron chi connectivity index (χ3n) is 3.92. The highest BCUT2D eigenvalue weighted by Gasteiger charge is 2.44. The number of aryl methyl sites for hydroxylation is 1. The molecule has 1 aromatic heterocycles. The van der Waals surface area contributed by atoms with Crippen LogP contribution in [0.1, 0.15) is 18.0 Å². The molecule has 1 unspecified atom stereocenters. The first-order valence-corrected chi connectivity index (χ1v) is 6.54. The average Bonchev–Trinajstić information content (AvgIpc) is 2.71. The zero-order valence-corrected chi connectivity index (χ0v) is 11.9. The summed E-state index contributed by atoms with van der Waals surface area (Å²) in [5.41, 5.74) is 5.88. The van der Waals surface area contributed by atoms with Gasteiger partial charge in [0.1, 0.15) is 11.9 Å². The van der Waals surface area contributed by atoms with E-state index in [1.165, 1.54) is 4.57 Å². The van der Waals surface area contributed by atoms with Crippen LogP contribution in [0.25, 0.3) is 0 Å². The number of hydrogen-bond donors (Lipinski definition) is 2. The number of methoxy groups -OCH3 is 2. The molecule has 0 radical (unpaired) electrons. The van der Waals surface area contributed by atoms with Crippen LogP contribution in [0.3, 0.4) is 0 Å². The Morgan fingerprint density at radius 3 is 2.85 bits per heavy atom. The lowest BCUT2D eigenvalue weighted by atomic mass is 10.1. The fourth-order valence-corrected chi connectivity index (χ4v) is 2.89. The van der Waals surface area contributed by atoms with Gasteiger partial charge in [0.2, 0.25) is 0 Å². The van der Waals surface area contributed by atoms with Gasteiger partial charge in [-0.25, -0.2) is 4.79 Å². The third kappa shape index (κ3) is 2.56. The minimum atomic E-state index is -0.775. The molecule has 0 amide bonds. The number of anilines is 1. The van der Waals surface area contributed by atoms with Gasteiger partial charge >= 0.3 is 5.69 Å². The second-order valence-corrected chi connectivity index (χ2v) is 5.21. The number of nitrogens with zero attached hydrogens (tertiary/aromatic N) is 2. The molecule has 2 rings (SSSR count). The van der Waals surface area contributed by atoms with Crippen LogP contribution < -0.4 is 11.4 Å². The van der Waals surface area contributed by atoms with Crippen LogP contribution >= 0.6 is 0 Å². The number of nitrogens with two attached hydrogens (primary N) is 1. The Labute approximate surface area is 117 Å². The lowest BCUT2D eigenvalue weighted by Crippen LogP contribution is -2.36. The summed E-state index contributed by atoms with van der Waals surface area (Å²) in [6.07, 6.45) is 1.10. The molecule has 1 aliphatic rings. The molecule has 0 bridgehead atoms. The number of rotatable bonds is 4. The van der Waals surface area contributed by atoms with E-state index in [-0.39, 0.29) is 23.9 Å². The van der Waals surface area contributed by atoms with E-state index in [0.29, 0.717) is 18.6 Å². The van der Waals surface area contributed by atoms with Crippen LogP contribution in [0, 0.1) is 12.8 Å². The average molecular weight is 283 g/mol. The first-order valence-electron chi connectivity index (χ1n) is 6.54. The number of nitrogen functional groups attached to an aromatic ring is 1. The highest BCUT2D eigenvalue weighted by molar-refractivity contribution is 5.35. The van der Waals surface area contributed by atoms with Crippen LogP contribution in [-0.4, -0.2) is 47.7 Å². The molecule has 7 heteroatoms. The Kier molecular flexibility index (Phi) is 4.42. The number of aromatic nitrogens is 2. The minimum absolute atomic E-state index is 0.0368. The number of aliphatic hydroxyl groups is 1. The van der Waals surface area contributed by atoms with Gasteiger partial charge in [0.15, 0.2) is 0 Å². The van der Waals surface area contributed by atoms with Crippen molar-refractivity contribution in [1.29, 1.82) is 0 Å². The highest BCUT2D eigenvalue weighted by Crippen LogP contribution is 2.36. The first-order chi connectivity index (χ1) is 9.49. The Balaban J connectivity index is 2.34. The van der Waals surface area contributed by atoms with Gasteiger partial charge in [-0.1, -0.05) is 0 Å². The summed E-state index contributed by atoms with van der Waals surface area (Å²) < 4.78 is 11.9. The molecule has 0 aromatic carbocycles. The summed E-state index contributed by atoms with van der Waals surface area (Å²) in [5.74, 6) is 0.255. The zero-order valence-electron chi connectivity index (χ0n) is 11.9. The maximum atomic E-state index is 12.0. The van der Waals surface area contributed by atoms with E-state index >= 15 is 0 Å². The lowest BCUT2D eigenvalue weighted by molar-refractivity contribution is -0.0368. The second-order valence-electron chi connectivity index (χ2n) is 5.21. The molecule has 0 saturated heterocycles. The third-order valence-corrected chi connectivity index (χ3v) is 3.92. The van der Waals surface area contributed by atoms with E-state index in [1.54, 1.807) is 27.3 Å². The Morgan fingerprint density at radius 1 is 1.55 bits per heavy atom. The molecular weight excluding hydrogens is 262 g/mol. The molecule has 20 heavy (non-hydrogen) atoms. The molecule has 1 fully saturated rings. The van der Waals surface area contributed by atoms with E-state index in [1.807, 2.05) is 0 Å². The largest absolute Gasteiger partial charge is 0.388 e. The minimum Gasteiger partial charge on any atom is -0.388 e. The van der Waals surface area contributed by atoms with Gasteiger partial charge in [0, 0.05) is 31.9 Å². The summed E-state index contributed by atoms with van der Waals surface area (Å²) in [4.78, 5) is 15.7. The molecule has 1 saturated carbocycles. The van der Waals surface area contributed by atoms with E-state index in [0.717, 1.165) is 0 Å². The molecule has 0 spiro atoms. The summed E-state index contributed by atoms with van der Waals surface area (Å²) in [6, 6.07) is -0.376. The quantitative estimate of drug-likeness (QED) is 0.788. The number of hydrogen-bond acceptors (Lipinski definition) is 6. The second kappa shape index (κ2) is 5.90. The predicted octanol–water partition coefficient (Wildman–Crippen LogP) is -0.283. The van der Waals surface area contributed by atoms with Crippen LogP contribution in [0.5, 0.6) is 0 Å². The monoisotopic (exact) mass is 283 g/mol. The maximum absolute atomic E-state index is 12.0. The van der Waals surface area contributed by atoms with Gasteiger partial charge in [0.05, 0.1) is 18.8 Å². The number of aliphatic hydroxyl groups excluding tert-OH is 1. The van der Waals surface area contributed by atoms with Crippen LogP contribution in [-0.2, 0) is 9.47 Å². The molecule has 3 N–H and O–H groups in total. The van der Waals surface area contributed by atoms with E-state index in [2.05, 4.69) is 4.98 Å². The molecule has 112 valence electrons. The Bertz CT molecular complexity index is 531. The molecule has 1 heterocycles. The van der Waals surface area contributed by atoms with Crippen molar-refractivity contribution in [1.82, 2.24) is 9.55 Å². The van der Waals surface area contributed by atoms with Crippen molar-refractivity contribution in [3.8, 4) is 0 Å². The van der Waals surface area contributed by atoms with Crippen molar-refractivity contribution in [2.24, 2.45) is 5.92 Å². The van der Waals surface area contributed by atoms with Gasteiger partial charge in [-0.15, -0.1) is 0 Å². The van der Waals surface area contributed by atoms with Gasteiger partial charge in [-0.3, -0.25) is 4.57 Å². The van der Waals surface area contributed by atoms with Crippen LogP contribution in [0.4, 0.5) is 5.82 Å². The van der Waals surface area contributed by atoms with E-state index in [9.17, 15) is 9.90 Å². The number of ether oxygens (including phenoxy) is 2. The molecule has 1 aliphatic carbocycles. The van der Waals surface area contributed by atoms with Crippen molar-refractivity contribution in [2.45, 2.75) is 31.6 Å². The molecule has 4 atom stereocenters. The summed E-state index contributed by atoms with van der Waals surface area (Å²) in [6.45, 7) is 2.25. The molecule has 0 aliphatic heterocycles. The summed E-state index contributed by atoms with van der Waals surface area (Å²) in [5, 5.41) is 10.4. The van der Waals surface area contributed by atoms with Crippen molar-refractivity contribution in [3.05, 3.63) is 22.2 Å². The maximum Gasteiger partial charge on any atom is 0.349 e. The molecule has 1 aromatic rings. The van der Waals surface area contributed by atoms with Crippen LogP contribution in [0.15, 0.2) is 11.0 Å². The van der Waals surface area contributed by atoms with Gasteiger partial charge < -0.3 is 20.3 Å². The SMILES string of the molecule is COC[C@H]1C[C@@H](n2cc(C)c(N)nc2=O)[C@@H](O)C1OC. The van der Waals surface area contributed by atoms with Crippen molar-refractivity contribution >= 4 is 5.82 Å². The van der Waals surface area contributed by atoms with E-state index in [4.69, 9.17) is 15.2 Å². The topological polar surface area (TPSA) is 99.6 Å². The van der Waals surface area contributed by atoms with Crippen molar-refractivity contribution in [3.63, 3.8) is 0 Å². The normalized spacial score (nSPS) is 29.8. The summed E-state index contributed by atoms with van der Waals surface area (Å²) in [7, 11) is 3.15. The Hall–Kier alpha value is -1.44. The summed E-state index contributed by atoms with van der Waals surface area (Å²) >= 11 is 0. The van der Waals surface area contributed by atoms with Gasteiger partial charge in [0.25, 0.3) is 0 Å². The molecule has 7 nitrogen and oxygen atoms in total. The zero-order chi connectivity index (χ0) is 14.9. The van der Waals surface area contributed by atoms with Crippen molar-refractivity contribution < 1.29 is 14.6 Å². The van der Waals surface area contributed by atoms with Crippen molar-refractivity contribution in [2.75, 3.05) is 26.6 Å². The standard InChI is InChI=1S/C13H21N3O4/c1-7-5-16(13(18)15-12(7)14)9-4-8(6-19-2)11(20-3)10(9)17/h5,8-11,17H,4,6H2,1-3H3,(H2,14,15,18)/t8-,9-,10-,11?/m1/s1. The Morgan fingerprint density at radius 2 is 2.25 bits per heavy atom. The van der Waals surface area contributed by atoms with Gasteiger partial charge in [-0.2, -0.15) is 4.98 Å². The molecular formula is C13H21N3O4. The smallest absolute Gasteiger partial charge is 0.349 e. The lowest BCUT2D eigenvalue weighted by Gasteiger charge is -2.21. The fourth-order valence-electron chi connectivity index (χ4n) is 2.89. The highest BCUT2D eigenvalue weighted by atomic mass is 16.5. The van der Waals surface area contributed by atoms with Gasteiger partial charge in [-0.05, 0) is 13.3 Å². The first kappa shape index (κ1) is 15.0. The van der Waals surface area contributed by atoms with E-state index < -0.39 is 11.8 Å². The fraction of sp³-hybridized carbons (Fsp3) is 0.692. The van der Waals surface area contributed by atoms with Crippen LogP contribution in [0.2, 0.25) is 0 Å².